The highest BCUT2D eigenvalue weighted by molar-refractivity contribution is 5.93. The van der Waals surface area contributed by atoms with Gasteiger partial charge in [0.25, 0.3) is 0 Å². The maximum absolute atomic E-state index is 11.9. The third-order valence-electron chi connectivity index (χ3n) is 2.56. The van der Waals surface area contributed by atoms with Gasteiger partial charge in [0.05, 0.1) is 13.7 Å². The molecule has 0 aliphatic heterocycles. The van der Waals surface area contributed by atoms with E-state index in [1.807, 2.05) is 6.07 Å². The first-order valence-corrected chi connectivity index (χ1v) is 5.79. The van der Waals surface area contributed by atoms with Crippen LogP contribution in [-0.4, -0.2) is 29.5 Å². The van der Waals surface area contributed by atoms with Gasteiger partial charge in [-0.1, -0.05) is 0 Å². The molecule has 0 radical (unpaired) electrons. The molecule has 0 saturated carbocycles. The fourth-order valence-electron chi connectivity index (χ4n) is 1.63. The number of nitrogens with zero attached hydrogens (tertiary/aromatic N) is 2. The lowest BCUT2D eigenvalue weighted by Crippen LogP contribution is -2.13. The molecule has 0 unspecified atom stereocenters. The smallest absolute Gasteiger partial charge is 0.342 e. The lowest BCUT2D eigenvalue weighted by Gasteiger charge is -2.09. The second-order valence-corrected chi connectivity index (χ2v) is 3.86. The molecule has 0 fully saturated rings. The number of benzene rings is 1. The Morgan fingerprint density at radius 3 is 3.00 bits per heavy atom. The second kappa shape index (κ2) is 5.90. The van der Waals surface area contributed by atoms with Gasteiger partial charge in [0.2, 0.25) is 0 Å². The number of anilines is 1. The molecule has 6 heteroatoms. The molecular formula is C13H15N3O3. The first-order chi connectivity index (χ1) is 9.20. The van der Waals surface area contributed by atoms with Crippen molar-refractivity contribution in [1.29, 1.82) is 0 Å². The molecule has 2 aromatic rings. The number of carbonyl (C=O) groups excluding carboxylic acids is 1. The number of nitrogens with two attached hydrogens (primary N) is 1. The van der Waals surface area contributed by atoms with Crippen molar-refractivity contribution < 1.29 is 14.3 Å². The zero-order valence-electron chi connectivity index (χ0n) is 10.6. The molecule has 0 aliphatic rings. The molecule has 0 saturated heterocycles. The number of nitrogen functional groups attached to an aromatic ring is 1. The minimum absolute atomic E-state index is 0.235. The van der Waals surface area contributed by atoms with Crippen LogP contribution in [0.3, 0.4) is 0 Å². The summed E-state index contributed by atoms with van der Waals surface area (Å²) < 4.78 is 11.9. The summed E-state index contributed by atoms with van der Waals surface area (Å²) in [5.41, 5.74) is 6.46. The fourth-order valence-corrected chi connectivity index (χ4v) is 1.63. The molecular weight excluding hydrogens is 246 g/mol. The van der Waals surface area contributed by atoms with Crippen molar-refractivity contribution in [1.82, 2.24) is 9.78 Å². The van der Waals surface area contributed by atoms with Crippen molar-refractivity contribution in [2.24, 2.45) is 0 Å². The molecule has 19 heavy (non-hydrogen) atoms. The SMILES string of the molecule is COc1ccc(N)cc1C(=O)OCCn1cccn1. The first-order valence-electron chi connectivity index (χ1n) is 5.79. The summed E-state index contributed by atoms with van der Waals surface area (Å²) in [6.07, 6.45) is 3.47. The Morgan fingerprint density at radius 1 is 1.47 bits per heavy atom. The molecule has 0 bridgehead atoms. The quantitative estimate of drug-likeness (QED) is 0.649. The van der Waals surface area contributed by atoms with Crippen molar-refractivity contribution in [3.8, 4) is 5.75 Å². The van der Waals surface area contributed by atoms with Crippen LogP contribution in [0.4, 0.5) is 5.69 Å². The van der Waals surface area contributed by atoms with E-state index in [0.717, 1.165) is 0 Å². The average molecular weight is 261 g/mol. The van der Waals surface area contributed by atoms with Gasteiger partial charge in [-0.3, -0.25) is 4.68 Å². The molecule has 6 nitrogen and oxygen atoms in total. The van der Waals surface area contributed by atoms with Crippen LogP contribution in [-0.2, 0) is 11.3 Å². The predicted octanol–water partition coefficient (Wildman–Crippen LogP) is 1.33. The minimum atomic E-state index is -0.462. The van der Waals surface area contributed by atoms with Crippen LogP contribution in [0.2, 0.25) is 0 Å². The molecule has 0 atom stereocenters. The van der Waals surface area contributed by atoms with Crippen LogP contribution in [0.15, 0.2) is 36.7 Å². The van der Waals surface area contributed by atoms with Gasteiger partial charge in [-0.05, 0) is 24.3 Å². The molecule has 100 valence electrons. The zero-order valence-corrected chi connectivity index (χ0v) is 10.6. The van der Waals surface area contributed by atoms with Crippen molar-refractivity contribution in [3.05, 3.63) is 42.2 Å². The molecule has 0 amide bonds. The number of rotatable bonds is 5. The maximum atomic E-state index is 11.9. The van der Waals surface area contributed by atoms with Gasteiger partial charge in [-0.15, -0.1) is 0 Å². The summed E-state index contributed by atoms with van der Waals surface area (Å²) in [6.45, 7) is 0.738. The van der Waals surface area contributed by atoms with Crippen LogP contribution in [0.1, 0.15) is 10.4 Å². The molecule has 2 N–H and O–H groups in total. The lowest BCUT2D eigenvalue weighted by molar-refractivity contribution is 0.0484. The molecule has 0 spiro atoms. The van der Waals surface area contributed by atoms with Gasteiger partial charge < -0.3 is 15.2 Å². The molecule has 1 aromatic carbocycles. The monoisotopic (exact) mass is 261 g/mol. The summed E-state index contributed by atoms with van der Waals surface area (Å²) in [4.78, 5) is 11.9. The summed E-state index contributed by atoms with van der Waals surface area (Å²) >= 11 is 0. The third kappa shape index (κ3) is 3.25. The Labute approximate surface area is 110 Å². The largest absolute Gasteiger partial charge is 0.496 e. The van der Waals surface area contributed by atoms with E-state index in [9.17, 15) is 4.79 Å². The van der Waals surface area contributed by atoms with Crippen LogP contribution >= 0.6 is 0 Å². The molecule has 1 aromatic heterocycles. The van der Waals surface area contributed by atoms with Crippen molar-refractivity contribution in [3.63, 3.8) is 0 Å². The van der Waals surface area contributed by atoms with Crippen molar-refractivity contribution in [2.75, 3.05) is 19.5 Å². The fraction of sp³-hybridized carbons (Fsp3) is 0.231. The number of aromatic nitrogens is 2. The van der Waals surface area contributed by atoms with Crippen molar-refractivity contribution >= 4 is 11.7 Å². The molecule has 0 aliphatic carbocycles. The zero-order chi connectivity index (χ0) is 13.7. The van der Waals surface area contributed by atoms with Gasteiger partial charge in [0, 0.05) is 18.1 Å². The highest BCUT2D eigenvalue weighted by Gasteiger charge is 2.14. The van der Waals surface area contributed by atoms with Gasteiger partial charge in [-0.2, -0.15) is 5.10 Å². The summed E-state index contributed by atoms with van der Waals surface area (Å²) in [5.74, 6) is -0.0189. The normalized spacial score (nSPS) is 10.2. The van der Waals surface area contributed by atoms with E-state index in [2.05, 4.69) is 5.10 Å². The van der Waals surface area contributed by atoms with Crippen LogP contribution in [0.25, 0.3) is 0 Å². The van der Waals surface area contributed by atoms with Gasteiger partial charge in [0.15, 0.2) is 0 Å². The topological polar surface area (TPSA) is 79.4 Å². The van der Waals surface area contributed by atoms with Gasteiger partial charge in [-0.25, -0.2) is 4.79 Å². The van der Waals surface area contributed by atoms with E-state index in [0.29, 0.717) is 23.5 Å². The first kappa shape index (κ1) is 12.9. The summed E-state index contributed by atoms with van der Waals surface area (Å²) in [6, 6.07) is 6.65. The van der Waals surface area contributed by atoms with E-state index < -0.39 is 5.97 Å². The number of esters is 1. The number of hydrogen-bond acceptors (Lipinski definition) is 5. The van der Waals surface area contributed by atoms with Gasteiger partial charge >= 0.3 is 5.97 Å². The van der Waals surface area contributed by atoms with Crippen LogP contribution in [0.5, 0.6) is 5.75 Å². The summed E-state index contributed by atoms with van der Waals surface area (Å²) in [7, 11) is 1.49. The number of hydrogen-bond donors (Lipinski definition) is 1. The average Bonchev–Trinajstić information content (AvgIpc) is 2.91. The second-order valence-electron chi connectivity index (χ2n) is 3.86. The van der Waals surface area contributed by atoms with Crippen LogP contribution in [0, 0.1) is 0 Å². The summed E-state index contributed by atoms with van der Waals surface area (Å²) in [5, 5.41) is 4.01. The highest BCUT2D eigenvalue weighted by atomic mass is 16.5. The standard InChI is InChI=1S/C13H15N3O3/c1-18-12-4-3-10(14)9-11(12)13(17)19-8-7-16-6-2-5-15-16/h2-6,9H,7-8,14H2,1H3. The maximum Gasteiger partial charge on any atom is 0.342 e. The Hall–Kier alpha value is -2.50. The number of carbonyl (C=O) groups is 1. The van der Waals surface area contributed by atoms with Gasteiger partial charge in [0.1, 0.15) is 17.9 Å². The molecule has 1 heterocycles. The predicted molar refractivity (Wildman–Crippen MR) is 69.9 cm³/mol. The lowest BCUT2D eigenvalue weighted by atomic mass is 10.2. The Morgan fingerprint density at radius 2 is 2.32 bits per heavy atom. The minimum Gasteiger partial charge on any atom is -0.496 e. The van der Waals surface area contributed by atoms with E-state index in [1.165, 1.54) is 13.2 Å². The van der Waals surface area contributed by atoms with E-state index in [-0.39, 0.29) is 6.61 Å². The Bertz CT molecular complexity index is 552. The van der Waals surface area contributed by atoms with Crippen LogP contribution < -0.4 is 10.5 Å². The molecule has 2 rings (SSSR count). The Balaban J connectivity index is 1.97. The van der Waals surface area contributed by atoms with Crippen molar-refractivity contribution in [2.45, 2.75) is 6.54 Å². The number of methoxy groups -OCH3 is 1. The highest BCUT2D eigenvalue weighted by Crippen LogP contribution is 2.21. The number of ether oxygens (including phenoxy) is 2. The van der Waals surface area contributed by atoms with E-state index in [4.69, 9.17) is 15.2 Å². The van der Waals surface area contributed by atoms with E-state index in [1.54, 1.807) is 29.2 Å². The Kier molecular flexibility index (Phi) is 4.02. The van der Waals surface area contributed by atoms with E-state index >= 15 is 0 Å². The third-order valence-corrected chi connectivity index (χ3v) is 2.56.